The average Bonchev–Trinajstić information content (AvgIpc) is 2.10. The largest absolute Gasteiger partial charge is 0.391 e. The maximum absolute atomic E-state index is 11.5. The molecule has 0 radical (unpaired) electrons. The number of hydrogen-bond acceptors (Lipinski definition) is 3. The van der Waals surface area contributed by atoms with Crippen molar-refractivity contribution in [2.24, 2.45) is 11.1 Å². The number of rotatable bonds is 4. The van der Waals surface area contributed by atoms with Gasteiger partial charge in [-0.1, -0.05) is 27.7 Å². The zero-order chi connectivity index (χ0) is 11.4. The molecular weight excluding hydrogens is 180 g/mol. The Morgan fingerprint density at radius 2 is 2.00 bits per heavy atom. The summed E-state index contributed by atoms with van der Waals surface area (Å²) in [5.74, 6) is -0.204. The maximum atomic E-state index is 11.5. The highest BCUT2D eigenvalue weighted by Gasteiger charge is 2.27. The normalized spacial score (nSPS) is 16.1. The van der Waals surface area contributed by atoms with E-state index in [4.69, 9.17) is 5.73 Å². The highest BCUT2D eigenvalue weighted by molar-refractivity contribution is 5.82. The number of carbonyl (C=O) groups excluding carboxylic acids is 1. The van der Waals surface area contributed by atoms with Gasteiger partial charge in [-0.2, -0.15) is 0 Å². The minimum Gasteiger partial charge on any atom is -0.391 e. The molecule has 0 aliphatic rings. The van der Waals surface area contributed by atoms with E-state index in [9.17, 15) is 9.90 Å². The van der Waals surface area contributed by atoms with E-state index in [1.165, 1.54) is 0 Å². The van der Waals surface area contributed by atoms with Crippen molar-refractivity contribution in [3.05, 3.63) is 0 Å². The lowest BCUT2D eigenvalue weighted by atomic mass is 9.87. The average molecular weight is 202 g/mol. The molecular formula is C10H22N2O2. The Morgan fingerprint density at radius 3 is 2.36 bits per heavy atom. The molecule has 2 atom stereocenters. The number of carbonyl (C=O) groups is 1. The first-order valence-corrected chi connectivity index (χ1v) is 5.00. The molecule has 1 unspecified atom stereocenters. The second-order valence-electron chi connectivity index (χ2n) is 4.65. The number of aliphatic hydroxyl groups excluding tert-OH is 1. The van der Waals surface area contributed by atoms with Gasteiger partial charge in [0.15, 0.2) is 0 Å². The van der Waals surface area contributed by atoms with E-state index in [1.54, 1.807) is 0 Å². The van der Waals surface area contributed by atoms with Crippen LogP contribution in [0.4, 0.5) is 0 Å². The molecule has 0 bridgehead atoms. The summed E-state index contributed by atoms with van der Waals surface area (Å²) in [5, 5.41) is 11.9. The van der Waals surface area contributed by atoms with Crippen molar-refractivity contribution >= 4 is 5.91 Å². The third-order valence-corrected chi connectivity index (χ3v) is 2.20. The fraction of sp³-hybridized carbons (Fsp3) is 0.900. The van der Waals surface area contributed by atoms with Crippen molar-refractivity contribution in [3.63, 3.8) is 0 Å². The summed E-state index contributed by atoms with van der Waals surface area (Å²) in [6, 6.07) is -0.536. The van der Waals surface area contributed by atoms with Crippen LogP contribution in [0.3, 0.4) is 0 Å². The molecule has 0 saturated heterocycles. The van der Waals surface area contributed by atoms with Crippen LogP contribution in [0.5, 0.6) is 0 Å². The number of aliphatic hydroxyl groups is 1. The summed E-state index contributed by atoms with van der Waals surface area (Å²) in [7, 11) is 0. The van der Waals surface area contributed by atoms with Gasteiger partial charge in [0.2, 0.25) is 5.91 Å². The summed E-state index contributed by atoms with van der Waals surface area (Å²) in [5.41, 5.74) is 5.48. The molecule has 0 aromatic carbocycles. The van der Waals surface area contributed by atoms with Crippen LogP contribution in [0.15, 0.2) is 0 Å². The molecule has 0 rings (SSSR count). The molecule has 0 spiro atoms. The smallest absolute Gasteiger partial charge is 0.237 e. The molecule has 14 heavy (non-hydrogen) atoms. The molecule has 0 saturated carbocycles. The van der Waals surface area contributed by atoms with Gasteiger partial charge in [-0.05, 0) is 11.8 Å². The monoisotopic (exact) mass is 202 g/mol. The van der Waals surface area contributed by atoms with Crippen molar-refractivity contribution in [2.75, 3.05) is 6.54 Å². The lowest BCUT2D eigenvalue weighted by molar-refractivity contribution is -0.125. The predicted molar refractivity (Wildman–Crippen MR) is 56.7 cm³/mol. The van der Waals surface area contributed by atoms with Crippen molar-refractivity contribution in [1.29, 1.82) is 0 Å². The minimum atomic E-state index is -0.536. The van der Waals surface area contributed by atoms with Crippen LogP contribution >= 0.6 is 0 Å². The van der Waals surface area contributed by atoms with Crippen molar-refractivity contribution < 1.29 is 9.90 Å². The first kappa shape index (κ1) is 13.4. The predicted octanol–water partition coefficient (Wildman–Crippen LogP) is 0.247. The van der Waals surface area contributed by atoms with Gasteiger partial charge in [0, 0.05) is 6.54 Å². The molecule has 84 valence electrons. The zero-order valence-electron chi connectivity index (χ0n) is 9.50. The Hall–Kier alpha value is -0.610. The van der Waals surface area contributed by atoms with Gasteiger partial charge in [-0.15, -0.1) is 0 Å². The Labute approximate surface area is 85.9 Å². The molecule has 0 aromatic heterocycles. The van der Waals surface area contributed by atoms with Gasteiger partial charge in [-0.3, -0.25) is 4.79 Å². The Bertz CT molecular complexity index is 187. The van der Waals surface area contributed by atoms with Gasteiger partial charge in [0.05, 0.1) is 12.1 Å². The number of amides is 1. The van der Waals surface area contributed by atoms with Crippen LogP contribution in [-0.2, 0) is 4.79 Å². The summed E-state index contributed by atoms with van der Waals surface area (Å²) in [4.78, 5) is 11.5. The minimum absolute atomic E-state index is 0.204. The van der Waals surface area contributed by atoms with E-state index in [0.717, 1.165) is 0 Å². The lowest BCUT2D eigenvalue weighted by Crippen LogP contribution is -2.50. The van der Waals surface area contributed by atoms with Crippen LogP contribution in [0, 0.1) is 5.41 Å². The van der Waals surface area contributed by atoms with Crippen molar-refractivity contribution in [1.82, 2.24) is 5.32 Å². The SMILES string of the molecule is CCC(O)CNC(=O)[C@@H](N)C(C)(C)C. The van der Waals surface area contributed by atoms with Gasteiger partial charge in [0.25, 0.3) is 0 Å². The van der Waals surface area contributed by atoms with E-state index in [0.29, 0.717) is 6.42 Å². The van der Waals surface area contributed by atoms with Crippen molar-refractivity contribution in [2.45, 2.75) is 46.3 Å². The van der Waals surface area contributed by atoms with E-state index in [-0.39, 0.29) is 17.9 Å². The van der Waals surface area contributed by atoms with Gasteiger partial charge < -0.3 is 16.2 Å². The molecule has 4 N–H and O–H groups in total. The topological polar surface area (TPSA) is 75.3 Å². The second-order valence-corrected chi connectivity index (χ2v) is 4.65. The lowest BCUT2D eigenvalue weighted by Gasteiger charge is -2.26. The van der Waals surface area contributed by atoms with Gasteiger partial charge >= 0.3 is 0 Å². The maximum Gasteiger partial charge on any atom is 0.237 e. The van der Waals surface area contributed by atoms with Crippen LogP contribution in [0.2, 0.25) is 0 Å². The summed E-state index contributed by atoms with van der Waals surface area (Å²) in [6.07, 6.45) is 0.150. The first-order chi connectivity index (χ1) is 6.29. The molecule has 0 aliphatic carbocycles. The second kappa shape index (κ2) is 5.32. The Balaban J connectivity index is 3.97. The molecule has 0 aliphatic heterocycles. The molecule has 1 amide bonds. The van der Waals surface area contributed by atoms with E-state index < -0.39 is 12.1 Å². The summed E-state index contributed by atoms with van der Waals surface area (Å²) >= 11 is 0. The van der Waals surface area contributed by atoms with Crippen LogP contribution in [-0.4, -0.2) is 29.7 Å². The third kappa shape index (κ3) is 4.58. The molecule has 4 heteroatoms. The standard InChI is InChI=1S/C10H22N2O2/c1-5-7(13)6-12-9(14)8(11)10(2,3)4/h7-8,13H,5-6,11H2,1-4H3,(H,12,14)/t7?,8-/m1/s1. The van der Waals surface area contributed by atoms with E-state index >= 15 is 0 Å². The molecule has 0 fully saturated rings. The molecule has 0 aromatic rings. The molecule has 0 heterocycles. The Morgan fingerprint density at radius 1 is 1.50 bits per heavy atom. The fourth-order valence-corrected chi connectivity index (χ4v) is 0.866. The van der Waals surface area contributed by atoms with Gasteiger partial charge in [0.1, 0.15) is 0 Å². The Kier molecular flexibility index (Phi) is 5.08. The summed E-state index contributed by atoms with van der Waals surface area (Å²) < 4.78 is 0. The van der Waals surface area contributed by atoms with E-state index in [2.05, 4.69) is 5.32 Å². The highest BCUT2D eigenvalue weighted by atomic mass is 16.3. The highest BCUT2D eigenvalue weighted by Crippen LogP contribution is 2.16. The quantitative estimate of drug-likeness (QED) is 0.611. The first-order valence-electron chi connectivity index (χ1n) is 5.00. The third-order valence-electron chi connectivity index (χ3n) is 2.20. The van der Waals surface area contributed by atoms with Gasteiger partial charge in [-0.25, -0.2) is 0 Å². The number of hydrogen-bond donors (Lipinski definition) is 3. The number of nitrogens with two attached hydrogens (primary N) is 1. The zero-order valence-corrected chi connectivity index (χ0v) is 9.50. The van der Waals surface area contributed by atoms with Crippen molar-refractivity contribution in [3.8, 4) is 0 Å². The van der Waals surface area contributed by atoms with E-state index in [1.807, 2.05) is 27.7 Å². The van der Waals surface area contributed by atoms with Crippen LogP contribution < -0.4 is 11.1 Å². The fourth-order valence-electron chi connectivity index (χ4n) is 0.866. The van der Waals surface area contributed by atoms with Crippen LogP contribution in [0.1, 0.15) is 34.1 Å². The molecule has 4 nitrogen and oxygen atoms in total. The summed E-state index contributed by atoms with van der Waals surface area (Å²) in [6.45, 7) is 7.87. The van der Waals surface area contributed by atoms with Crippen LogP contribution in [0.25, 0.3) is 0 Å². The number of nitrogens with one attached hydrogen (secondary N) is 1.